The Hall–Kier alpha value is -1.26. The third-order valence-electron chi connectivity index (χ3n) is 1.39. The van der Waals surface area contributed by atoms with Crippen molar-refractivity contribution < 1.29 is 13.2 Å². The van der Waals surface area contributed by atoms with Gasteiger partial charge in [0.15, 0.2) is 0 Å². The van der Waals surface area contributed by atoms with Crippen LogP contribution in [0.2, 0.25) is 0 Å². The molecule has 0 aromatic carbocycles. The smallest absolute Gasteiger partial charge is 0.265 e. The van der Waals surface area contributed by atoms with Crippen LogP contribution in [0.3, 0.4) is 0 Å². The summed E-state index contributed by atoms with van der Waals surface area (Å²) in [6.45, 7) is -1.02. The molecule has 0 aliphatic rings. The molecule has 1 heterocycles. The minimum Gasteiger partial charge on any atom is -0.384 e. The minimum atomic E-state index is -2.70. The number of nitrogen functional groups attached to an aromatic ring is 1. The van der Waals surface area contributed by atoms with Crippen molar-refractivity contribution in [3.05, 3.63) is 23.4 Å². The number of nitrogens with two attached hydrogens (primary N) is 1. The molecule has 0 spiro atoms. The van der Waals surface area contributed by atoms with E-state index in [4.69, 9.17) is 5.73 Å². The lowest BCUT2D eigenvalue weighted by molar-refractivity contribution is 0.148. The Balaban J connectivity index is 3.11. The molecular weight excluding hydrogens is 169 g/mol. The van der Waals surface area contributed by atoms with Crippen molar-refractivity contribution in [2.75, 3.05) is 5.73 Å². The molecule has 12 heavy (non-hydrogen) atoms. The molecule has 1 aromatic heterocycles. The van der Waals surface area contributed by atoms with E-state index in [2.05, 4.69) is 4.98 Å². The fraction of sp³-hybridized carbons (Fsp3) is 0.286. The zero-order valence-corrected chi connectivity index (χ0v) is 6.10. The van der Waals surface area contributed by atoms with E-state index >= 15 is 0 Å². The minimum absolute atomic E-state index is 0.0482. The van der Waals surface area contributed by atoms with Crippen LogP contribution < -0.4 is 5.73 Å². The summed E-state index contributed by atoms with van der Waals surface area (Å²) < 4.78 is 36.3. The molecule has 5 heteroatoms. The molecule has 66 valence electrons. The Morgan fingerprint density at radius 1 is 1.42 bits per heavy atom. The molecule has 0 amide bonds. The fourth-order valence-electron chi connectivity index (χ4n) is 0.835. The third kappa shape index (κ3) is 1.66. The van der Waals surface area contributed by atoms with Gasteiger partial charge in [-0.15, -0.1) is 0 Å². The topological polar surface area (TPSA) is 38.9 Å². The number of hydrogen-bond acceptors (Lipinski definition) is 2. The summed E-state index contributed by atoms with van der Waals surface area (Å²) in [5.74, 6) is 0.0482. The molecule has 0 aliphatic heterocycles. The highest BCUT2D eigenvalue weighted by molar-refractivity contribution is 5.34. The standard InChI is InChI=1S/C7H7F3N2/c8-3-5-4(7(9)10)1-2-6(11)12-5/h1-2,7H,3H2,(H2,11,12). The van der Waals surface area contributed by atoms with E-state index in [0.29, 0.717) is 0 Å². The predicted octanol–water partition coefficient (Wildman–Crippen LogP) is 2.07. The van der Waals surface area contributed by atoms with Gasteiger partial charge in [-0.25, -0.2) is 18.2 Å². The number of nitrogens with zero attached hydrogens (tertiary/aromatic N) is 1. The molecular formula is C7H7F3N2. The molecule has 0 bridgehead atoms. The molecule has 0 saturated carbocycles. The molecule has 0 fully saturated rings. The van der Waals surface area contributed by atoms with Crippen molar-refractivity contribution in [1.82, 2.24) is 4.98 Å². The summed E-state index contributed by atoms with van der Waals surface area (Å²) in [6, 6.07) is 2.31. The summed E-state index contributed by atoms with van der Waals surface area (Å²) in [5, 5.41) is 0. The Kier molecular flexibility index (Phi) is 2.52. The van der Waals surface area contributed by atoms with Gasteiger partial charge in [-0.3, -0.25) is 0 Å². The van der Waals surface area contributed by atoms with Gasteiger partial charge < -0.3 is 5.73 Å². The van der Waals surface area contributed by atoms with Gasteiger partial charge in [0.05, 0.1) is 5.69 Å². The van der Waals surface area contributed by atoms with Gasteiger partial charge in [0.2, 0.25) is 0 Å². The maximum atomic E-state index is 12.1. The monoisotopic (exact) mass is 176 g/mol. The Morgan fingerprint density at radius 2 is 2.08 bits per heavy atom. The van der Waals surface area contributed by atoms with Crippen LogP contribution in [0.25, 0.3) is 0 Å². The van der Waals surface area contributed by atoms with Gasteiger partial charge in [-0.1, -0.05) is 0 Å². The first kappa shape index (κ1) is 8.83. The lowest BCUT2D eigenvalue weighted by Gasteiger charge is -2.04. The first-order valence-corrected chi connectivity index (χ1v) is 3.24. The normalized spacial score (nSPS) is 10.7. The second kappa shape index (κ2) is 3.42. The lowest BCUT2D eigenvalue weighted by Crippen LogP contribution is -1.99. The Labute approximate surface area is 67.2 Å². The highest BCUT2D eigenvalue weighted by Gasteiger charge is 2.13. The van der Waals surface area contributed by atoms with Crippen molar-refractivity contribution in [1.29, 1.82) is 0 Å². The number of alkyl halides is 3. The first-order valence-electron chi connectivity index (χ1n) is 3.24. The van der Waals surface area contributed by atoms with Crippen LogP contribution in [0.1, 0.15) is 17.7 Å². The van der Waals surface area contributed by atoms with E-state index in [0.717, 1.165) is 6.07 Å². The van der Waals surface area contributed by atoms with Crippen molar-refractivity contribution in [3.63, 3.8) is 0 Å². The van der Waals surface area contributed by atoms with Crippen LogP contribution in [-0.2, 0) is 6.67 Å². The van der Waals surface area contributed by atoms with Gasteiger partial charge >= 0.3 is 0 Å². The molecule has 0 atom stereocenters. The number of halogens is 3. The van der Waals surface area contributed by atoms with Crippen LogP contribution in [0.15, 0.2) is 12.1 Å². The molecule has 0 aliphatic carbocycles. The first-order chi connectivity index (χ1) is 5.65. The highest BCUT2D eigenvalue weighted by Crippen LogP contribution is 2.22. The SMILES string of the molecule is Nc1ccc(C(F)F)c(CF)n1. The molecule has 2 N–H and O–H groups in total. The van der Waals surface area contributed by atoms with E-state index in [-0.39, 0.29) is 11.5 Å². The van der Waals surface area contributed by atoms with Gasteiger partial charge in [0.1, 0.15) is 12.5 Å². The number of pyridine rings is 1. The lowest BCUT2D eigenvalue weighted by atomic mass is 10.2. The summed E-state index contributed by atoms with van der Waals surface area (Å²) in [5.41, 5.74) is 4.50. The van der Waals surface area contributed by atoms with Gasteiger partial charge in [0.25, 0.3) is 6.43 Å². The Morgan fingerprint density at radius 3 is 2.58 bits per heavy atom. The average molecular weight is 176 g/mol. The van der Waals surface area contributed by atoms with Crippen molar-refractivity contribution in [2.45, 2.75) is 13.1 Å². The van der Waals surface area contributed by atoms with Crippen LogP contribution in [0.5, 0.6) is 0 Å². The zero-order chi connectivity index (χ0) is 9.14. The molecule has 0 saturated heterocycles. The average Bonchev–Trinajstić information content (AvgIpc) is 2.03. The largest absolute Gasteiger partial charge is 0.384 e. The van der Waals surface area contributed by atoms with E-state index in [1.165, 1.54) is 6.07 Å². The summed E-state index contributed by atoms with van der Waals surface area (Å²) in [4.78, 5) is 3.44. The van der Waals surface area contributed by atoms with Crippen LogP contribution in [0.4, 0.5) is 19.0 Å². The molecule has 1 aromatic rings. The number of hydrogen-bond donors (Lipinski definition) is 1. The fourth-order valence-corrected chi connectivity index (χ4v) is 0.835. The molecule has 2 nitrogen and oxygen atoms in total. The summed E-state index contributed by atoms with van der Waals surface area (Å²) >= 11 is 0. The quantitative estimate of drug-likeness (QED) is 0.749. The maximum absolute atomic E-state index is 12.1. The predicted molar refractivity (Wildman–Crippen MR) is 38.4 cm³/mol. The van der Waals surface area contributed by atoms with Crippen LogP contribution in [-0.4, -0.2) is 4.98 Å². The molecule has 1 rings (SSSR count). The van der Waals surface area contributed by atoms with E-state index < -0.39 is 18.7 Å². The van der Waals surface area contributed by atoms with E-state index in [1.807, 2.05) is 0 Å². The molecule has 0 radical (unpaired) electrons. The second-order valence-corrected chi connectivity index (χ2v) is 2.21. The van der Waals surface area contributed by atoms with Crippen LogP contribution >= 0.6 is 0 Å². The van der Waals surface area contributed by atoms with Crippen molar-refractivity contribution in [2.24, 2.45) is 0 Å². The van der Waals surface area contributed by atoms with Gasteiger partial charge in [-0.05, 0) is 12.1 Å². The van der Waals surface area contributed by atoms with Crippen molar-refractivity contribution >= 4 is 5.82 Å². The second-order valence-electron chi connectivity index (χ2n) is 2.21. The van der Waals surface area contributed by atoms with Crippen LogP contribution in [0, 0.1) is 0 Å². The third-order valence-corrected chi connectivity index (χ3v) is 1.39. The Bertz CT molecular complexity index is 275. The molecule has 0 unspecified atom stereocenters. The summed E-state index contributed by atoms with van der Waals surface area (Å²) in [6.07, 6.45) is -2.70. The maximum Gasteiger partial charge on any atom is 0.265 e. The van der Waals surface area contributed by atoms with E-state index in [1.54, 1.807) is 0 Å². The highest BCUT2D eigenvalue weighted by atomic mass is 19.3. The number of aromatic nitrogens is 1. The zero-order valence-electron chi connectivity index (χ0n) is 6.10. The number of rotatable bonds is 2. The van der Waals surface area contributed by atoms with Gasteiger partial charge in [-0.2, -0.15) is 0 Å². The van der Waals surface area contributed by atoms with Gasteiger partial charge in [0, 0.05) is 5.56 Å². The number of anilines is 1. The summed E-state index contributed by atoms with van der Waals surface area (Å²) in [7, 11) is 0. The van der Waals surface area contributed by atoms with E-state index in [9.17, 15) is 13.2 Å². The van der Waals surface area contributed by atoms with Crippen molar-refractivity contribution in [3.8, 4) is 0 Å².